The molecule has 2 saturated heterocycles. The van der Waals surface area contributed by atoms with Crippen LogP contribution in [0, 0.1) is 0 Å². The summed E-state index contributed by atoms with van der Waals surface area (Å²) in [5, 5.41) is 9.40. The molecule has 0 radical (unpaired) electrons. The van der Waals surface area contributed by atoms with Crippen LogP contribution in [0.5, 0.6) is 0 Å². The summed E-state index contributed by atoms with van der Waals surface area (Å²) in [5.41, 5.74) is 0. The topological polar surface area (TPSA) is 60.9 Å². The lowest BCUT2D eigenvalue weighted by Crippen LogP contribution is -2.58. The Kier molecular flexibility index (Phi) is 3.35. The highest BCUT2D eigenvalue weighted by molar-refractivity contribution is 6.18. The Labute approximate surface area is 99.0 Å². The van der Waals surface area contributed by atoms with Crippen molar-refractivity contribution in [1.29, 1.82) is 0 Å². The van der Waals surface area contributed by atoms with Crippen molar-refractivity contribution in [2.24, 2.45) is 0 Å². The van der Waals surface area contributed by atoms with Gasteiger partial charge >= 0.3 is 0 Å². The molecule has 2 rings (SSSR count). The molecule has 0 aromatic carbocycles. The first-order valence-electron chi connectivity index (χ1n) is 5.45. The summed E-state index contributed by atoms with van der Waals surface area (Å²) in [6, 6.07) is -0.302. The SMILES string of the molecule is O=C1C2CCCN2C(=O)CN1CC(O)CCl. The molecule has 5 nitrogen and oxygen atoms in total. The normalized spacial score (nSPS) is 27.2. The molecule has 2 fully saturated rings. The molecule has 0 aromatic rings. The summed E-state index contributed by atoms with van der Waals surface area (Å²) in [4.78, 5) is 26.8. The van der Waals surface area contributed by atoms with E-state index in [9.17, 15) is 14.7 Å². The average molecular weight is 247 g/mol. The highest BCUT2D eigenvalue weighted by Gasteiger charge is 2.42. The van der Waals surface area contributed by atoms with Gasteiger partial charge in [0.2, 0.25) is 11.8 Å². The maximum atomic E-state index is 12.0. The van der Waals surface area contributed by atoms with Gasteiger partial charge in [0.1, 0.15) is 6.04 Å². The Morgan fingerprint density at radius 1 is 1.50 bits per heavy atom. The fourth-order valence-electron chi connectivity index (χ4n) is 2.32. The van der Waals surface area contributed by atoms with Gasteiger partial charge in [-0.1, -0.05) is 0 Å². The van der Waals surface area contributed by atoms with Gasteiger partial charge in [-0.3, -0.25) is 9.59 Å². The van der Waals surface area contributed by atoms with Crippen LogP contribution < -0.4 is 0 Å². The average Bonchev–Trinajstić information content (AvgIpc) is 2.74. The Morgan fingerprint density at radius 2 is 2.25 bits per heavy atom. The third-order valence-corrected chi connectivity index (χ3v) is 3.46. The molecule has 2 aliphatic heterocycles. The van der Waals surface area contributed by atoms with Crippen LogP contribution in [-0.4, -0.2) is 64.4 Å². The number of halogens is 1. The number of hydrogen-bond acceptors (Lipinski definition) is 3. The van der Waals surface area contributed by atoms with Crippen LogP contribution in [0.3, 0.4) is 0 Å². The van der Waals surface area contributed by atoms with Crippen LogP contribution in [0.4, 0.5) is 0 Å². The molecule has 6 heteroatoms. The van der Waals surface area contributed by atoms with Crippen LogP contribution in [0.1, 0.15) is 12.8 Å². The van der Waals surface area contributed by atoms with Crippen LogP contribution >= 0.6 is 11.6 Å². The van der Waals surface area contributed by atoms with E-state index in [4.69, 9.17) is 11.6 Å². The number of piperazine rings is 1. The fraction of sp³-hybridized carbons (Fsp3) is 0.800. The molecular formula is C10H15ClN2O3. The highest BCUT2D eigenvalue weighted by Crippen LogP contribution is 2.23. The van der Waals surface area contributed by atoms with Crippen molar-refractivity contribution in [1.82, 2.24) is 9.80 Å². The molecule has 1 N–H and O–H groups in total. The predicted molar refractivity (Wildman–Crippen MR) is 58.0 cm³/mol. The number of β-amino-alcohol motifs (C(OH)–C–C–N with tert-alkyl or cyclic N) is 1. The van der Waals surface area contributed by atoms with Crippen molar-refractivity contribution < 1.29 is 14.7 Å². The van der Waals surface area contributed by atoms with Gasteiger partial charge in [-0.15, -0.1) is 11.6 Å². The second-order valence-corrected chi connectivity index (χ2v) is 4.58. The zero-order chi connectivity index (χ0) is 11.7. The Hall–Kier alpha value is -0.810. The first-order valence-corrected chi connectivity index (χ1v) is 5.99. The standard InChI is InChI=1S/C10H15ClN2O3/c11-4-7(14)5-12-6-9(15)13-3-1-2-8(13)10(12)16/h7-8,14H,1-6H2. The lowest BCUT2D eigenvalue weighted by molar-refractivity contribution is -0.154. The van der Waals surface area contributed by atoms with E-state index in [-0.39, 0.29) is 36.8 Å². The summed E-state index contributed by atoms with van der Waals surface area (Å²) < 4.78 is 0. The quantitative estimate of drug-likeness (QED) is 0.678. The van der Waals surface area contributed by atoms with E-state index < -0.39 is 6.10 Å². The molecular weight excluding hydrogens is 232 g/mol. The van der Waals surface area contributed by atoms with Gasteiger partial charge in [-0.25, -0.2) is 0 Å². The number of amides is 2. The summed E-state index contributed by atoms with van der Waals surface area (Å²) in [7, 11) is 0. The molecule has 2 heterocycles. The van der Waals surface area contributed by atoms with E-state index in [1.807, 2.05) is 0 Å². The summed E-state index contributed by atoms with van der Waals surface area (Å²) in [5.74, 6) is -0.00283. The van der Waals surface area contributed by atoms with Crippen LogP contribution in [0.2, 0.25) is 0 Å². The number of rotatable bonds is 3. The van der Waals surface area contributed by atoms with Gasteiger partial charge in [0, 0.05) is 13.1 Å². The number of aliphatic hydroxyl groups excluding tert-OH is 1. The van der Waals surface area contributed by atoms with Crippen LogP contribution in [-0.2, 0) is 9.59 Å². The third kappa shape index (κ3) is 2.01. The minimum absolute atomic E-state index is 0.0242. The molecule has 0 bridgehead atoms. The molecule has 2 amide bonds. The Balaban J connectivity index is 2.05. The number of alkyl halides is 1. The number of carbonyl (C=O) groups is 2. The Morgan fingerprint density at radius 3 is 2.94 bits per heavy atom. The second-order valence-electron chi connectivity index (χ2n) is 4.27. The van der Waals surface area contributed by atoms with E-state index in [1.54, 1.807) is 4.90 Å². The number of carbonyl (C=O) groups excluding carboxylic acids is 2. The smallest absolute Gasteiger partial charge is 0.245 e. The molecule has 16 heavy (non-hydrogen) atoms. The van der Waals surface area contributed by atoms with E-state index in [0.29, 0.717) is 6.54 Å². The minimum Gasteiger partial charge on any atom is -0.390 e. The first-order chi connectivity index (χ1) is 7.63. The summed E-state index contributed by atoms with van der Waals surface area (Å²) >= 11 is 5.48. The Bertz CT molecular complexity index is 310. The molecule has 2 unspecified atom stereocenters. The molecule has 2 atom stereocenters. The molecule has 90 valence electrons. The second kappa shape index (κ2) is 4.59. The number of fused-ring (bicyclic) bond motifs is 1. The fourth-order valence-corrected chi connectivity index (χ4v) is 2.42. The van der Waals surface area contributed by atoms with Crippen molar-refractivity contribution in [3.63, 3.8) is 0 Å². The number of aliphatic hydroxyl groups is 1. The van der Waals surface area contributed by atoms with Crippen molar-refractivity contribution in [2.45, 2.75) is 25.0 Å². The molecule has 0 spiro atoms. The highest BCUT2D eigenvalue weighted by atomic mass is 35.5. The maximum Gasteiger partial charge on any atom is 0.245 e. The van der Waals surface area contributed by atoms with Crippen LogP contribution in [0.25, 0.3) is 0 Å². The zero-order valence-electron chi connectivity index (χ0n) is 8.93. The zero-order valence-corrected chi connectivity index (χ0v) is 9.69. The van der Waals surface area contributed by atoms with Gasteiger partial charge in [-0.2, -0.15) is 0 Å². The number of nitrogens with zero attached hydrogens (tertiary/aromatic N) is 2. The van der Waals surface area contributed by atoms with Gasteiger partial charge in [-0.05, 0) is 12.8 Å². The molecule has 2 aliphatic rings. The summed E-state index contributed by atoms with van der Waals surface area (Å²) in [6.07, 6.45) is 0.859. The van der Waals surface area contributed by atoms with Gasteiger partial charge in [0.05, 0.1) is 18.5 Å². The molecule has 0 aromatic heterocycles. The van der Waals surface area contributed by atoms with Gasteiger partial charge in [0.25, 0.3) is 0 Å². The first kappa shape index (κ1) is 11.7. The lowest BCUT2D eigenvalue weighted by Gasteiger charge is -2.37. The molecule has 0 saturated carbocycles. The van der Waals surface area contributed by atoms with E-state index in [0.717, 1.165) is 12.8 Å². The lowest BCUT2D eigenvalue weighted by atomic mass is 10.1. The van der Waals surface area contributed by atoms with Crippen LogP contribution in [0.15, 0.2) is 0 Å². The number of hydrogen-bond donors (Lipinski definition) is 1. The monoisotopic (exact) mass is 246 g/mol. The van der Waals surface area contributed by atoms with Crippen molar-refractivity contribution in [3.05, 3.63) is 0 Å². The summed E-state index contributed by atoms with van der Waals surface area (Å²) in [6.45, 7) is 0.906. The minimum atomic E-state index is -0.758. The van der Waals surface area contributed by atoms with E-state index in [2.05, 4.69) is 0 Å². The third-order valence-electron chi connectivity index (χ3n) is 3.11. The van der Waals surface area contributed by atoms with E-state index in [1.165, 1.54) is 4.90 Å². The predicted octanol–water partition coefficient (Wildman–Crippen LogP) is -0.581. The van der Waals surface area contributed by atoms with Gasteiger partial charge < -0.3 is 14.9 Å². The maximum absolute atomic E-state index is 12.0. The van der Waals surface area contributed by atoms with Crippen molar-refractivity contribution >= 4 is 23.4 Å². The molecule has 0 aliphatic carbocycles. The van der Waals surface area contributed by atoms with E-state index >= 15 is 0 Å². The largest absolute Gasteiger partial charge is 0.390 e. The van der Waals surface area contributed by atoms with Crippen molar-refractivity contribution in [2.75, 3.05) is 25.5 Å². The van der Waals surface area contributed by atoms with Crippen molar-refractivity contribution in [3.8, 4) is 0 Å². The van der Waals surface area contributed by atoms with Gasteiger partial charge in [0.15, 0.2) is 0 Å².